The van der Waals surface area contributed by atoms with E-state index in [1.807, 2.05) is 6.07 Å². The van der Waals surface area contributed by atoms with E-state index >= 15 is 0 Å². The summed E-state index contributed by atoms with van der Waals surface area (Å²) in [6.07, 6.45) is 8.17. The van der Waals surface area contributed by atoms with Crippen LogP contribution in [0.25, 0.3) is 0 Å². The average molecular weight is 336 g/mol. The van der Waals surface area contributed by atoms with Gasteiger partial charge in [-0.2, -0.15) is 0 Å². The van der Waals surface area contributed by atoms with Gasteiger partial charge in [0.25, 0.3) is 5.91 Å². The molecular weight excluding hydrogens is 314 g/mol. The lowest BCUT2D eigenvalue weighted by atomic mass is 10.0. The summed E-state index contributed by atoms with van der Waals surface area (Å²) >= 11 is 3.49. The molecule has 1 aliphatic carbocycles. The van der Waals surface area contributed by atoms with Crippen molar-refractivity contribution in [3.63, 3.8) is 0 Å². The minimum atomic E-state index is 0.247. The molecule has 1 aromatic carbocycles. The van der Waals surface area contributed by atoms with Crippen LogP contribution < -0.4 is 0 Å². The van der Waals surface area contributed by atoms with Gasteiger partial charge in [0.2, 0.25) is 0 Å². The maximum Gasteiger partial charge on any atom is 0.254 e. The van der Waals surface area contributed by atoms with Gasteiger partial charge in [0.1, 0.15) is 0 Å². The third kappa shape index (κ3) is 2.78. The standard InChI is InChI=1S/C17H22BrNO/c18-10-2-6-16-7-3-11-19(16)17(20)15-9-8-13-4-1-5-14(13)12-15/h8-9,12,16H,1-7,10-11H2. The molecule has 1 amide bonds. The second-order valence-corrected chi connectivity index (χ2v) is 6.76. The third-order valence-corrected chi connectivity index (χ3v) is 5.22. The molecule has 0 spiro atoms. The molecule has 1 atom stereocenters. The summed E-state index contributed by atoms with van der Waals surface area (Å²) in [7, 11) is 0. The molecule has 1 aromatic rings. The number of fused-ring (bicyclic) bond motifs is 1. The second-order valence-electron chi connectivity index (χ2n) is 5.96. The predicted molar refractivity (Wildman–Crippen MR) is 85.6 cm³/mol. The Kier molecular flexibility index (Phi) is 4.45. The normalized spacial score (nSPS) is 21.2. The third-order valence-electron chi connectivity index (χ3n) is 4.65. The fourth-order valence-corrected chi connectivity index (χ4v) is 3.91. The van der Waals surface area contributed by atoms with E-state index in [-0.39, 0.29) is 5.91 Å². The van der Waals surface area contributed by atoms with Gasteiger partial charge in [0, 0.05) is 23.5 Å². The molecule has 20 heavy (non-hydrogen) atoms. The molecule has 0 radical (unpaired) electrons. The number of halogens is 1. The molecule has 1 heterocycles. The maximum atomic E-state index is 12.7. The van der Waals surface area contributed by atoms with Crippen LogP contribution in [0.5, 0.6) is 0 Å². The number of hydrogen-bond acceptors (Lipinski definition) is 1. The van der Waals surface area contributed by atoms with Crippen molar-refractivity contribution in [2.24, 2.45) is 0 Å². The second kappa shape index (κ2) is 6.30. The number of aryl methyl sites for hydroxylation is 2. The van der Waals surface area contributed by atoms with Gasteiger partial charge in [-0.25, -0.2) is 0 Å². The molecule has 1 unspecified atom stereocenters. The average Bonchev–Trinajstić information content (AvgIpc) is 3.12. The molecule has 0 bridgehead atoms. The van der Waals surface area contributed by atoms with Crippen molar-refractivity contribution in [2.75, 3.05) is 11.9 Å². The molecular formula is C17H22BrNO. The van der Waals surface area contributed by atoms with E-state index in [9.17, 15) is 4.79 Å². The maximum absolute atomic E-state index is 12.7. The van der Waals surface area contributed by atoms with Crippen LogP contribution in [0.2, 0.25) is 0 Å². The van der Waals surface area contributed by atoms with E-state index in [2.05, 4.69) is 33.0 Å². The minimum absolute atomic E-state index is 0.247. The quantitative estimate of drug-likeness (QED) is 0.763. The van der Waals surface area contributed by atoms with Crippen LogP contribution in [0.4, 0.5) is 0 Å². The Labute approximate surface area is 129 Å². The van der Waals surface area contributed by atoms with E-state index in [1.165, 1.54) is 30.4 Å². The first-order chi connectivity index (χ1) is 9.79. The Morgan fingerprint density at radius 1 is 1.25 bits per heavy atom. The zero-order chi connectivity index (χ0) is 13.9. The Morgan fingerprint density at radius 2 is 2.10 bits per heavy atom. The van der Waals surface area contributed by atoms with Crippen molar-refractivity contribution in [1.29, 1.82) is 0 Å². The van der Waals surface area contributed by atoms with Gasteiger partial charge in [-0.05, 0) is 68.2 Å². The molecule has 108 valence electrons. The first-order valence-corrected chi connectivity index (χ1v) is 8.90. The number of benzene rings is 1. The largest absolute Gasteiger partial charge is 0.336 e. The van der Waals surface area contributed by atoms with Crippen LogP contribution in [-0.4, -0.2) is 28.7 Å². The summed E-state index contributed by atoms with van der Waals surface area (Å²) in [5.74, 6) is 0.247. The predicted octanol–water partition coefficient (Wildman–Crippen LogP) is 3.96. The van der Waals surface area contributed by atoms with Crippen LogP contribution in [0.3, 0.4) is 0 Å². The molecule has 2 aliphatic rings. The van der Waals surface area contributed by atoms with Gasteiger partial charge in [0.15, 0.2) is 0 Å². The molecule has 0 N–H and O–H groups in total. The van der Waals surface area contributed by atoms with Gasteiger partial charge >= 0.3 is 0 Å². The Morgan fingerprint density at radius 3 is 2.95 bits per heavy atom. The molecule has 3 rings (SSSR count). The van der Waals surface area contributed by atoms with E-state index in [0.29, 0.717) is 6.04 Å². The molecule has 1 saturated heterocycles. The number of amides is 1. The van der Waals surface area contributed by atoms with Crippen molar-refractivity contribution in [2.45, 2.75) is 51.0 Å². The van der Waals surface area contributed by atoms with Gasteiger partial charge in [-0.15, -0.1) is 0 Å². The van der Waals surface area contributed by atoms with Crippen molar-refractivity contribution < 1.29 is 4.79 Å². The fourth-order valence-electron chi connectivity index (χ4n) is 3.59. The highest BCUT2D eigenvalue weighted by molar-refractivity contribution is 9.09. The number of carbonyl (C=O) groups excluding carboxylic acids is 1. The zero-order valence-electron chi connectivity index (χ0n) is 11.9. The lowest BCUT2D eigenvalue weighted by molar-refractivity contribution is 0.0730. The van der Waals surface area contributed by atoms with Crippen molar-refractivity contribution in [1.82, 2.24) is 4.90 Å². The highest BCUT2D eigenvalue weighted by Crippen LogP contribution is 2.27. The Hall–Kier alpha value is -0.830. The zero-order valence-corrected chi connectivity index (χ0v) is 13.5. The van der Waals surface area contributed by atoms with Crippen LogP contribution >= 0.6 is 15.9 Å². The SMILES string of the molecule is O=C(c1ccc2c(c1)CCC2)N1CCCC1CCCBr. The molecule has 2 nitrogen and oxygen atoms in total. The molecule has 3 heteroatoms. The smallest absolute Gasteiger partial charge is 0.254 e. The lowest BCUT2D eigenvalue weighted by Gasteiger charge is -2.25. The summed E-state index contributed by atoms with van der Waals surface area (Å²) in [5.41, 5.74) is 3.74. The van der Waals surface area contributed by atoms with Crippen LogP contribution in [-0.2, 0) is 12.8 Å². The van der Waals surface area contributed by atoms with Crippen molar-refractivity contribution in [3.05, 3.63) is 34.9 Å². The molecule has 1 aliphatic heterocycles. The van der Waals surface area contributed by atoms with E-state index in [1.54, 1.807) is 0 Å². The number of nitrogens with zero attached hydrogens (tertiary/aromatic N) is 1. The van der Waals surface area contributed by atoms with Crippen LogP contribution in [0.1, 0.15) is 53.6 Å². The molecule has 0 saturated carbocycles. The fraction of sp³-hybridized carbons (Fsp3) is 0.588. The monoisotopic (exact) mass is 335 g/mol. The van der Waals surface area contributed by atoms with Gasteiger partial charge in [-0.1, -0.05) is 22.0 Å². The summed E-state index contributed by atoms with van der Waals surface area (Å²) in [6, 6.07) is 6.80. The Bertz CT molecular complexity index is 500. The summed E-state index contributed by atoms with van der Waals surface area (Å²) in [5, 5.41) is 1.03. The highest BCUT2D eigenvalue weighted by Gasteiger charge is 2.29. The van der Waals surface area contributed by atoms with E-state index < -0.39 is 0 Å². The summed E-state index contributed by atoms with van der Waals surface area (Å²) in [4.78, 5) is 14.8. The van der Waals surface area contributed by atoms with Crippen LogP contribution in [0, 0.1) is 0 Å². The van der Waals surface area contributed by atoms with E-state index in [4.69, 9.17) is 0 Å². The first-order valence-electron chi connectivity index (χ1n) is 7.78. The topological polar surface area (TPSA) is 20.3 Å². The number of hydrogen-bond donors (Lipinski definition) is 0. The highest BCUT2D eigenvalue weighted by atomic mass is 79.9. The molecule has 0 aromatic heterocycles. The molecule has 1 fully saturated rings. The Balaban J connectivity index is 1.74. The van der Waals surface area contributed by atoms with E-state index in [0.717, 1.165) is 43.1 Å². The van der Waals surface area contributed by atoms with Gasteiger partial charge in [0.05, 0.1) is 0 Å². The van der Waals surface area contributed by atoms with Gasteiger partial charge < -0.3 is 4.90 Å². The number of alkyl halides is 1. The van der Waals surface area contributed by atoms with Crippen molar-refractivity contribution >= 4 is 21.8 Å². The van der Waals surface area contributed by atoms with Gasteiger partial charge in [-0.3, -0.25) is 4.79 Å². The minimum Gasteiger partial charge on any atom is -0.336 e. The lowest BCUT2D eigenvalue weighted by Crippen LogP contribution is -2.35. The number of carbonyl (C=O) groups is 1. The number of rotatable bonds is 4. The first kappa shape index (κ1) is 14.1. The summed E-state index contributed by atoms with van der Waals surface area (Å²) < 4.78 is 0. The van der Waals surface area contributed by atoms with Crippen LogP contribution in [0.15, 0.2) is 18.2 Å². The number of likely N-dealkylation sites (tertiary alicyclic amines) is 1. The van der Waals surface area contributed by atoms with Crippen molar-refractivity contribution in [3.8, 4) is 0 Å². The summed E-state index contributed by atoms with van der Waals surface area (Å²) in [6.45, 7) is 0.933.